The van der Waals surface area contributed by atoms with Crippen LogP contribution in [0.3, 0.4) is 0 Å². The molecule has 0 aromatic rings. The molecule has 0 heterocycles. The average molecular weight is 217 g/mol. The van der Waals surface area contributed by atoms with E-state index in [0.717, 1.165) is 5.33 Å². The first-order valence-electron chi connectivity index (χ1n) is 4.35. The molecule has 0 amide bonds. The van der Waals surface area contributed by atoms with Crippen molar-refractivity contribution in [1.29, 1.82) is 0 Å². The molecule has 1 aliphatic rings. The van der Waals surface area contributed by atoms with Crippen LogP contribution < -0.4 is 0 Å². The van der Waals surface area contributed by atoms with Gasteiger partial charge in [-0.25, -0.2) is 0 Å². The molecule has 0 bridgehead atoms. The zero-order valence-electron chi connectivity index (χ0n) is 7.44. The fraction of sp³-hybridized carbons (Fsp3) is 0.600. The number of alkyl halides is 1. The van der Waals surface area contributed by atoms with Gasteiger partial charge in [-0.1, -0.05) is 48.0 Å². The first-order valence-corrected chi connectivity index (χ1v) is 5.47. The molecule has 0 aromatic heterocycles. The zero-order chi connectivity index (χ0) is 8.53. The van der Waals surface area contributed by atoms with E-state index < -0.39 is 0 Å². The molecule has 0 radical (unpaired) electrons. The molecular formula is C10H17Br. The molecule has 64 valence electrons. The summed E-state index contributed by atoms with van der Waals surface area (Å²) >= 11 is 3.43. The molecule has 1 aliphatic carbocycles. The molecule has 0 atom stereocenters. The van der Waals surface area contributed by atoms with Crippen LogP contribution in [0.25, 0.3) is 0 Å². The van der Waals surface area contributed by atoms with Crippen LogP contribution in [-0.4, -0.2) is 5.33 Å². The van der Waals surface area contributed by atoms with E-state index in [1.54, 1.807) is 0 Å². The van der Waals surface area contributed by atoms with Crippen molar-refractivity contribution in [3.8, 4) is 0 Å². The summed E-state index contributed by atoms with van der Waals surface area (Å²) in [7, 11) is 0. The Balaban J connectivity index is 0.000000461. The Morgan fingerprint density at radius 3 is 2.73 bits per heavy atom. The molecule has 11 heavy (non-hydrogen) atoms. The van der Waals surface area contributed by atoms with Gasteiger partial charge >= 0.3 is 0 Å². The Bertz CT molecular complexity index is 134. The lowest BCUT2D eigenvalue weighted by Gasteiger charge is -1.89. The fourth-order valence-corrected chi connectivity index (χ4v) is 1.34. The average Bonchev–Trinajstić information content (AvgIpc) is 2.35. The van der Waals surface area contributed by atoms with Gasteiger partial charge in [-0.3, -0.25) is 0 Å². The van der Waals surface area contributed by atoms with E-state index in [2.05, 4.69) is 34.2 Å². The van der Waals surface area contributed by atoms with Crippen LogP contribution >= 0.6 is 15.9 Å². The van der Waals surface area contributed by atoms with E-state index in [-0.39, 0.29) is 0 Å². The summed E-state index contributed by atoms with van der Waals surface area (Å²) in [5, 5.41) is 1.00. The van der Waals surface area contributed by atoms with Gasteiger partial charge in [0.25, 0.3) is 0 Å². The van der Waals surface area contributed by atoms with Crippen LogP contribution in [0.2, 0.25) is 0 Å². The number of rotatable bonds is 1. The molecule has 0 saturated carbocycles. The molecule has 1 heteroatoms. The second-order valence-corrected chi connectivity index (χ2v) is 2.81. The van der Waals surface area contributed by atoms with E-state index in [9.17, 15) is 0 Å². The van der Waals surface area contributed by atoms with E-state index in [0.29, 0.717) is 0 Å². The highest BCUT2D eigenvalue weighted by Gasteiger charge is 1.92. The van der Waals surface area contributed by atoms with Crippen molar-refractivity contribution in [2.45, 2.75) is 33.1 Å². The van der Waals surface area contributed by atoms with Crippen molar-refractivity contribution in [2.24, 2.45) is 0 Å². The number of hydrogen-bond donors (Lipinski definition) is 0. The van der Waals surface area contributed by atoms with Crippen molar-refractivity contribution in [3.05, 3.63) is 23.8 Å². The number of hydrogen-bond acceptors (Lipinski definition) is 0. The van der Waals surface area contributed by atoms with Crippen LogP contribution in [0.15, 0.2) is 23.8 Å². The maximum absolute atomic E-state index is 3.43. The largest absolute Gasteiger partial charge is 0.0876 e. The molecule has 0 fully saturated rings. The third-order valence-corrected chi connectivity index (χ3v) is 2.12. The van der Waals surface area contributed by atoms with Gasteiger partial charge in [0, 0.05) is 5.33 Å². The van der Waals surface area contributed by atoms with Crippen LogP contribution in [0.4, 0.5) is 0 Å². The first kappa shape index (κ1) is 11.0. The van der Waals surface area contributed by atoms with Crippen molar-refractivity contribution in [2.75, 3.05) is 5.33 Å². The monoisotopic (exact) mass is 216 g/mol. The summed E-state index contributed by atoms with van der Waals surface area (Å²) < 4.78 is 0. The van der Waals surface area contributed by atoms with Gasteiger partial charge < -0.3 is 0 Å². The molecule has 0 saturated heterocycles. The number of allylic oxidation sites excluding steroid dienone is 4. The number of halogens is 1. The predicted octanol–water partition coefficient (Wildman–Crippen LogP) is 4.07. The van der Waals surface area contributed by atoms with Gasteiger partial charge in [-0.15, -0.1) is 0 Å². The highest BCUT2D eigenvalue weighted by molar-refractivity contribution is 9.09. The minimum atomic E-state index is 1.00. The third-order valence-electron chi connectivity index (χ3n) is 1.47. The van der Waals surface area contributed by atoms with Crippen LogP contribution in [0.5, 0.6) is 0 Å². The minimum Gasteiger partial charge on any atom is -0.0876 e. The second kappa shape index (κ2) is 8.06. The van der Waals surface area contributed by atoms with Gasteiger partial charge in [-0.05, 0) is 24.8 Å². The maximum atomic E-state index is 3.43. The SMILES string of the molecule is BrCC1=CCCCC=C1.CC. The fourth-order valence-electron chi connectivity index (χ4n) is 0.925. The predicted molar refractivity (Wildman–Crippen MR) is 56.2 cm³/mol. The Kier molecular flexibility index (Phi) is 8.03. The minimum absolute atomic E-state index is 1.00. The topological polar surface area (TPSA) is 0 Å². The summed E-state index contributed by atoms with van der Waals surface area (Å²) in [4.78, 5) is 0. The Morgan fingerprint density at radius 1 is 1.36 bits per heavy atom. The lowest BCUT2D eigenvalue weighted by atomic mass is 10.2. The molecule has 0 spiro atoms. The molecule has 0 aliphatic heterocycles. The van der Waals surface area contributed by atoms with E-state index >= 15 is 0 Å². The van der Waals surface area contributed by atoms with E-state index in [1.165, 1.54) is 24.8 Å². The standard InChI is InChI=1S/C8H11Br.C2H6/c9-7-8-5-3-1-2-4-6-8;1-2/h3,5-6H,1-2,4,7H2;1-2H3. The molecular weight excluding hydrogens is 200 g/mol. The highest BCUT2D eigenvalue weighted by atomic mass is 79.9. The van der Waals surface area contributed by atoms with E-state index in [1.807, 2.05) is 13.8 Å². The lowest BCUT2D eigenvalue weighted by molar-refractivity contribution is 0.874. The van der Waals surface area contributed by atoms with Crippen LogP contribution in [-0.2, 0) is 0 Å². The summed E-state index contributed by atoms with van der Waals surface area (Å²) in [6.45, 7) is 4.00. The summed E-state index contributed by atoms with van der Waals surface area (Å²) in [6.07, 6.45) is 10.6. The van der Waals surface area contributed by atoms with Crippen LogP contribution in [0, 0.1) is 0 Å². The first-order chi connectivity index (χ1) is 5.43. The Hall–Kier alpha value is -0.0400. The normalized spacial score (nSPS) is 16.1. The maximum Gasteiger partial charge on any atom is 0.0279 e. The summed E-state index contributed by atoms with van der Waals surface area (Å²) in [5.41, 5.74) is 1.42. The lowest BCUT2D eigenvalue weighted by Crippen LogP contribution is -1.75. The van der Waals surface area contributed by atoms with Crippen molar-refractivity contribution in [1.82, 2.24) is 0 Å². The Labute approximate surface area is 78.5 Å². The smallest absolute Gasteiger partial charge is 0.0279 e. The highest BCUT2D eigenvalue weighted by Crippen LogP contribution is 2.11. The van der Waals surface area contributed by atoms with Gasteiger partial charge in [0.15, 0.2) is 0 Å². The molecule has 1 rings (SSSR count). The summed E-state index contributed by atoms with van der Waals surface area (Å²) in [5.74, 6) is 0. The quantitative estimate of drug-likeness (QED) is 0.580. The third kappa shape index (κ3) is 5.25. The molecule has 0 unspecified atom stereocenters. The van der Waals surface area contributed by atoms with Crippen molar-refractivity contribution in [3.63, 3.8) is 0 Å². The van der Waals surface area contributed by atoms with Gasteiger partial charge in [-0.2, -0.15) is 0 Å². The van der Waals surface area contributed by atoms with Crippen molar-refractivity contribution >= 4 is 15.9 Å². The Morgan fingerprint density at radius 2 is 2.09 bits per heavy atom. The van der Waals surface area contributed by atoms with Gasteiger partial charge in [0.1, 0.15) is 0 Å². The molecule has 0 nitrogen and oxygen atoms in total. The molecule has 0 aromatic carbocycles. The molecule has 0 N–H and O–H groups in total. The van der Waals surface area contributed by atoms with Crippen molar-refractivity contribution < 1.29 is 0 Å². The van der Waals surface area contributed by atoms with Crippen LogP contribution in [0.1, 0.15) is 33.1 Å². The zero-order valence-corrected chi connectivity index (χ0v) is 9.02. The van der Waals surface area contributed by atoms with E-state index in [4.69, 9.17) is 0 Å². The second-order valence-electron chi connectivity index (χ2n) is 2.25. The summed E-state index contributed by atoms with van der Waals surface area (Å²) in [6, 6.07) is 0. The van der Waals surface area contributed by atoms with Gasteiger partial charge in [0.05, 0.1) is 0 Å². The van der Waals surface area contributed by atoms with Gasteiger partial charge in [0.2, 0.25) is 0 Å².